The molecule has 10 heteroatoms. The molecule has 1 aliphatic heterocycles. The molecule has 140 valence electrons. The summed E-state index contributed by atoms with van der Waals surface area (Å²) in [5.74, 6) is -0.537. The van der Waals surface area contributed by atoms with E-state index in [2.05, 4.69) is 10.3 Å². The van der Waals surface area contributed by atoms with Crippen LogP contribution in [0.25, 0.3) is 0 Å². The molecule has 4 atom stereocenters. The number of aromatic nitrogens is 3. The Labute approximate surface area is 148 Å². The van der Waals surface area contributed by atoms with Crippen LogP contribution in [-0.4, -0.2) is 72.9 Å². The molecule has 0 unspecified atom stereocenters. The summed E-state index contributed by atoms with van der Waals surface area (Å²) in [5, 5.41) is 45.9. The number of hydrogen-bond acceptors (Lipinski definition) is 8. The standard InChI is InChI=1S/C16H19N3O7/c20-6-13-15(22)14(21)12(8-26-13)19-5-10(17-18-19)7-25-11-3-1-9(2-4-11)16(23)24/h1-5,12-15,20-22H,6-8H2,(H,23,24)/t12-,13+,14+,15-/m0/s1. The average Bonchev–Trinajstić information content (AvgIpc) is 3.11. The largest absolute Gasteiger partial charge is 0.487 e. The molecule has 0 bridgehead atoms. The van der Waals surface area contributed by atoms with Gasteiger partial charge in [-0.25, -0.2) is 9.48 Å². The van der Waals surface area contributed by atoms with Crippen LogP contribution in [0.5, 0.6) is 5.75 Å². The van der Waals surface area contributed by atoms with Gasteiger partial charge in [-0.1, -0.05) is 5.21 Å². The van der Waals surface area contributed by atoms with E-state index in [-0.39, 0.29) is 25.4 Å². The Morgan fingerprint density at radius 1 is 1.27 bits per heavy atom. The van der Waals surface area contributed by atoms with Crippen molar-refractivity contribution in [1.29, 1.82) is 0 Å². The number of carbonyl (C=O) groups is 1. The number of aliphatic hydroxyl groups excluding tert-OH is 3. The van der Waals surface area contributed by atoms with Crippen LogP contribution < -0.4 is 4.74 Å². The van der Waals surface area contributed by atoms with Gasteiger partial charge in [-0.2, -0.15) is 0 Å². The Balaban J connectivity index is 1.60. The SMILES string of the molecule is O=C(O)c1ccc(OCc2cn([C@H]3CO[C@H](CO)[C@H](O)[C@@H]3O)nn2)cc1. The second-order valence-electron chi connectivity index (χ2n) is 5.91. The summed E-state index contributed by atoms with van der Waals surface area (Å²) in [6.45, 7) is -0.219. The Hall–Kier alpha value is -2.53. The summed E-state index contributed by atoms with van der Waals surface area (Å²) in [5.41, 5.74) is 0.646. The quantitative estimate of drug-likeness (QED) is 0.517. The van der Waals surface area contributed by atoms with Crippen LogP contribution in [0.15, 0.2) is 30.5 Å². The number of benzene rings is 1. The second kappa shape index (κ2) is 7.79. The molecular weight excluding hydrogens is 346 g/mol. The predicted molar refractivity (Wildman–Crippen MR) is 85.6 cm³/mol. The lowest BCUT2D eigenvalue weighted by Gasteiger charge is -2.36. The number of rotatable bonds is 6. The second-order valence-corrected chi connectivity index (χ2v) is 5.91. The van der Waals surface area contributed by atoms with Crippen LogP contribution in [0.4, 0.5) is 0 Å². The van der Waals surface area contributed by atoms with Crippen molar-refractivity contribution in [2.75, 3.05) is 13.2 Å². The van der Waals surface area contributed by atoms with E-state index < -0.39 is 30.3 Å². The highest BCUT2D eigenvalue weighted by molar-refractivity contribution is 5.87. The van der Waals surface area contributed by atoms with Crippen molar-refractivity contribution < 1.29 is 34.7 Å². The summed E-state index contributed by atoms with van der Waals surface area (Å²) in [6.07, 6.45) is -1.65. The van der Waals surface area contributed by atoms with Crippen LogP contribution in [0.2, 0.25) is 0 Å². The fourth-order valence-corrected chi connectivity index (χ4v) is 2.65. The molecular formula is C16H19N3O7. The molecule has 0 aliphatic carbocycles. The minimum atomic E-state index is -1.23. The van der Waals surface area contributed by atoms with Crippen LogP contribution in [-0.2, 0) is 11.3 Å². The Bertz CT molecular complexity index is 749. The summed E-state index contributed by atoms with van der Waals surface area (Å²) >= 11 is 0. The average molecular weight is 365 g/mol. The van der Waals surface area contributed by atoms with Crippen molar-refractivity contribution in [2.24, 2.45) is 0 Å². The van der Waals surface area contributed by atoms with Crippen LogP contribution in [0.3, 0.4) is 0 Å². The van der Waals surface area contributed by atoms with Gasteiger partial charge in [-0.3, -0.25) is 0 Å². The Morgan fingerprint density at radius 3 is 2.65 bits per heavy atom. The number of aromatic carboxylic acids is 1. The monoisotopic (exact) mass is 365 g/mol. The molecule has 1 saturated heterocycles. The van der Waals surface area contributed by atoms with E-state index in [0.717, 1.165) is 0 Å². The number of carboxylic acid groups (broad SMARTS) is 1. The maximum atomic E-state index is 10.8. The summed E-state index contributed by atoms with van der Waals surface area (Å²) in [6, 6.07) is 5.31. The fourth-order valence-electron chi connectivity index (χ4n) is 2.65. The molecule has 3 rings (SSSR count). The van der Waals surface area contributed by atoms with E-state index >= 15 is 0 Å². The first-order valence-corrected chi connectivity index (χ1v) is 7.95. The van der Waals surface area contributed by atoms with E-state index in [1.54, 1.807) is 6.20 Å². The van der Waals surface area contributed by atoms with Gasteiger partial charge >= 0.3 is 5.97 Å². The van der Waals surface area contributed by atoms with E-state index in [1.165, 1.54) is 28.9 Å². The molecule has 26 heavy (non-hydrogen) atoms. The first-order valence-electron chi connectivity index (χ1n) is 7.95. The molecule has 4 N–H and O–H groups in total. The zero-order valence-electron chi connectivity index (χ0n) is 13.7. The molecule has 0 saturated carbocycles. The van der Waals surface area contributed by atoms with Crippen molar-refractivity contribution >= 4 is 5.97 Å². The molecule has 0 spiro atoms. The van der Waals surface area contributed by atoms with E-state index in [0.29, 0.717) is 11.4 Å². The highest BCUT2D eigenvalue weighted by Crippen LogP contribution is 2.24. The van der Waals surface area contributed by atoms with Crippen LogP contribution in [0, 0.1) is 0 Å². The van der Waals surface area contributed by atoms with Gasteiger partial charge in [0.25, 0.3) is 0 Å². The van der Waals surface area contributed by atoms with Crippen molar-refractivity contribution in [3.63, 3.8) is 0 Å². The van der Waals surface area contributed by atoms with Gasteiger partial charge in [0, 0.05) is 0 Å². The number of hydrogen-bond donors (Lipinski definition) is 4. The van der Waals surface area contributed by atoms with Gasteiger partial charge in [-0.05, 0) is 24.3 Å². The van der Waals surface area contributed by atoms with Crippen molar-refractivity contribution in [3.8, 4) is 5.75 Å². The van der Waals surface area contributed by atoms with E-state index in [1.807, 2.05) is 0 Å². The van der Waals surface area contributed by atoms with Crippen LogP contribution in [0.1, 0.15) is 22.1 Å². The normalized spacial score (nSPS) is 25.8. The molecule has 1 aromatic carbocycles. The molecule has 2 aromatic rings. The first kappa shape index (κ1) is 18.3. The fraction of sp³-hybridized carbons (Fsp3) is 0.438. The van der Waals surface area contributed by atoms with E-state index in [4.69, 9.17) is 19.7 Å². The Morgan fingerprint density at radius 2 is 2.00 bits per heavy atom. The third-order valence-electron chi connectivity index (χ3n) is 4.17. The summed E-state index contributed by atoms with van der Waals surface area (Å²) in [4.78, 5) is 10.8. The lowest BCUT2D eigenvalue weighted by atomic mass is 9.98. The zero-order valence-corrected chi connectivity index (χ0v) is 13.7. The lowest BCUT2D eigenvalue weighted by Crippen LogP contribution is -2.52. The van der Waals surface area contributed by atoms with Crippen LogP contribution >= 0.6 is 0 Å². The van der Waals surface area contributed by atoms with Crippen molar-refractivity contribution in [3.05, 3.63) is 41.7 Å². The van der Waals surface area contributed by atoms with Gasteiger partial charge in [-0.15, -0.1) is 5.10 Å². The Kier molecular flexibility index (Phi) is 5.47. The third-order valence-corrected chi connectivity index (χ3v) is 4.17. The maximum absolute atomic E-state index is 10.8. The molecule has 10 nitrogen and oxygen atoms in total. The smallest absolute Gasteiger partial charge is 0.335 e. The molecule has 0 amide bonds. The zero-order chi connectivity index (χ0) is 18.7. The molecule has 1 aromatic heterocycles. The molecule has 1 aliphatic rings. The number of aliphatic hydroxyl groups is 3. The maximum Gasteiger partial charge on any atom is 0.335 e. The number of ether oxygens (including phenoxy) is 2. The highest BCUT2D eigenvalue weighted by atomic mass is 16.5. The minimum absolute atomic E-state index is 0.0732. The number of nitrogens with zero attached hydrogens (tertiary/aromatic N) is 3. The van der Waals surface area contributed by atoms with E-state index in [9.17, 15) is 15.0 Å². The van der Waals surface area contributed by atoms with Gasteiger partial charge in [0.1, 0.15) is 42.4 Å². The van der Waals surface area contributed by atoms with Gasteiger partial charge in [0.2, 0.25) is 0 Å². The van der Waals surface area contributed by atoms with Crippen molar-refractivity contribution in [1.82, 2.24) is 15.0 Å². The summed E-state index contributed by atoms with van der Waals surface area (Å²) in [7, 11) is 0. The minimum Gasteiger partial charge on any atom is -0.487 e. The summed E-state index contributed by atoms with van der Waals surface area (Å²) < 4.78 is 12.2. The first-order chi connectivity index (χ1) is 12.5. The predicted octanol–water partition coefficient (Wildman–Crippen LogP) is -0.791. The van der Waals surface area contributed by atoms with Gasteiger partial charge in [0.05, 0.1) is 25.0 Å². The van der Waals surface area contributed by atoms with Gasteiger partial charge in [0.15, 0.2) is 0 Å². The van der Waals surface area contributed by atoms with Gasteiger partial charge < -0.3 is 29.9 Å². The third kappa shape index (κ3) is 3.83. The highest BCUT2D eigenvalue weighted by Gasteiger charge is 2.39. The molecule has 0 radical (unpaired) electrons. The molecule has 1 fully saturated rings. The van der Waals surface area contributed by atoms with Crippen molar-refractivity contribution in [2.45, 2.75) is 31.0 Å². The lowest BCUT2D eigenvalue weighted by molar-refractivity contribution is -0.171. The number of carboxylic acids is 1. The molecule has 2 heterocycles. The topological polar surface area (TPSA) is 147 Å².